The van der Waals surface area contributed by atoms with Crippen LogP contribution in [-0.4, -0.2) is 23.1 Å². The fourth-order valence-electron chi connectivity index (χ4n) is 0.807. The Kier molecular flexibility index (Phi) is 2.63. The van der Waals surface area contributed by atoms with Gasteiger partial charge >= 0.3 is 11.9 Å². The molecule has 1 aliphatic rings. The van der Waals surface area contributed by atoms with E-state index >= 15 is 0 Å². The highest BCUT2D eigenvalue weighted by atomic mass is 16.5. The van der Waals surface area contributed by atoms with Gasteiger partial charge in [0.25, 0.3) is 0 Å². The molecule has 0 aromatic carbocycles. The van der Waals surface area contributed by atoms with Gasteiger partial charge in [-0.3, -0.25) is 9.59 Å². The minimum Gasteiger partial charge on any atom is -0.481 e. The van der Waals surface area contributed by atoms with Crippen molar-refractivity contribution in [2.45, 2.75) is 12.5 Å². The summed E-state index contributed by atoms with van der Waals surface area (Å²) in [5.74, 6) is -1.89. The number of ether oxygens (including phenoxy) is 1. The van der Waals surface area contributed by atoms with Gasteiger partial charge in [0.05, 0.1) is 0 Å². The van der Waals surface area contributed by atoms with E-state index in [2.05, 4.69) is 0 Å². The summed E-state index contributed by atoms with van der Waals surface area (Å²) >= 11 is 0. The molecular weight excluding hydrogens is 160 g/mol. The third kappa shape index (κ3) is 2.57. The average Bonchev–Trinajstić information content (AvgIpc) is 2.37. The maximum atomic E-state index is 10.7. The maximum Gasteiger partial charge on any atom is 0.318 e. The van der Waals surface area contributed by atoms with Crippen LogP contribution < -0.4 is 0 Å². The normalized spacial score (nSPS) is 15.0. The number of carbonyl (C=O) groups is 2. The monoisotopic (exact) mass is 168 g/mol. The highest BCUT2D eigenvalue weighted by Gasteiger charge is 2.13. The van der Waals surface area contributed by atoms with Gasteiger partial charge in [0.1, 0.15) is 12.5 Å². The zero-order chi connectivity index (χ0) is 8.97. The summed E-state index contributed by atoms with van der Waals surface area (Å²) in [6, 6.07) is 0. The lowest BCUT2D eigenvalue weighted by Crippen LogP contribution is -2.15. The summed E-state index contributed by atoms with van der Waals surface area (Å²) in [5, 5.41) is 8.22. The Morgan fingerprint density at radius 2 is 1.92 bits per heavy atom. The third-order valence-corrected chi connectivity index (χ3v) is 1.28. The van der Waals surface area contributed by atoms with Gasteiger partial charge in [0.2, 0.25) is 0 Å². The first-order valence-corrected chi connectivity index (χ1v) is 3.45. The van der Waals surface area contributed by atoms with Crippen LogP contribution in [0.5, 0.6) is 0 Å². The fraction of sp³-hybridized carbons (Fsp3) is 0.250. The molecule has 1 N–H and O–H groups in total. The molecule has 0 bridgehead atoms. The first kappa shape index (κ1) is 8.52. The first-order chi connectivity index (χ1) is 5.68. The Hall–Kier alpha value is -1.58. The predicted molar refractivity (Wildman–Crippen MR) is 40.4 cm³/mol. The third-order valence-electron chi connectivity index (χ3n) is 1.28. The van der Waals surface area contributed by atoms with Crippen LogP contribution in [0, 0.1) is 0 Å². The lowest BCUT2D eigenvalue weighted by molar-refractivity contribution is -0.152. The molecule has 0 saturated heterocycles. The Morgan fingerprint density at radius 3 is 2.42 bits per heavy atom. The molecule has 0 radical (unpaired) electrons. The lowest BCUT2D eigenvalue weighted by Gasteiger charge is -2.05. The van der Waals surface area contributed by atoms with E-state index in [1.54, 1.807) is 24.3 Å². The van der Waals surface area contributed by atoms with Crippen molar-refractivity contribution in [3.8, 4) is 0 Å². The summed E-state index contributed by atoms with van der Waals surface area (Å²) < 4.78 is 4.73. The van der Waals surface area contributed by atoms with Crippen molar-refractivity contribution in [2.75, 3.05) is 0 Å². The summed E-state index contributed by atoms with van der Waals surface area (Å²) in [4.78, 5) is 20.8. The topological polar surface area (TPSA) is 63.6 Å². The number of carbonyl (C=O) groups excluding carboxylic acids is 1. The molecule has 0 fully saturated rings. The first-order valence-electron chi connectivity index (χ1n) is 3.45. The van der Waals surface area contributed by atoms with Crippen molar-refractivity contribution >= 4 is 11.9 Å². The van der Waals surface area contributed by atoms with Crippen molar-refractivity contribution in [3.05, 3.63) is 24.3 Å². The molecule has 0 saturated carbocycles. The molecule has 0 aromatic heterocycles. The van der Waals surface area contributed by atoms with E-state index in [4.69, 9.17) is 9.84 Å². The van der Waals surface area contributed by atoms with Crippen LogP contribution in [0.4, 0.5) is 0 Å². The second kappa shape index (κ2) is 3.71. The van der Waals surface area contributed by atoms with Crippen LogP contribution in [0.2, 0.25) is 0 Å². The minimum atomic E-state index is -1.18. The van der Waals surface area contributed by atoms with E-state index < -0.39 is 24.5 Å². The van der Waals surface area contributed by atoms with Crippen LogP contribution in [0.15, 0.2) is 24.3 Å². The Morgan fingerprint density at radius 1 is 1.33 bits per heavy atom. The Balaban J connectivity index is 2.31. The number of aliphatic carboxylic acids is 1. The molecule has 1 aliphatic carbocycles. The highest BCUT2D eigenvalue weighted by Crippen LogP contribution is 2.05. The van der Waals surface area contributed by atoms with Crippen molar-refractivity contribution in [1.82, 2.24) is 0 Å². The number of rotatable bonds is 3. The molecule has 0 aliphatic heterocycles. The lowest BCUT2D eigenvalue weighted by atomic mass is 10.4. The van der Waals surface area contributed by atoms with E-state index in [9.17, 15) is 9.59 Å². The van der Waals surface area contributed by atoms with Crippen molar-refractivity contribution in [1.29, 1.82) is 0 Å². The number of carboxylic acids is 1. The summed E-state index contributed by atoms with van der Waals surface area (Å²) in [6.45, 7) is 0. The SMILES string of the molecule is O=C(O)CC(=O)OC1C=CC=C1. The predicted octanol–water partition coefficient (Wildman–Crippen LogP) is 0.499. The molecule has 0 spiro atoms. The summed E-state index contributed by atoms with van der Waals surface area (Å²) in [7, 11) is 0. The highest BCUT2D eigenvalue weighted by molar-refractivity contribution is 5.90. The molecule has 0 aromatic rings. The largest absolute Gasteiger partial charge is 0.481 e. The summed E-state index contributed by atoms with van der Waals surface area (Å²) in [5.41, 5.74) is 0. The van der Waals surface area contributed by atoms with Gasteiger partial charge in [-0.1, -0.05) is 12.2 Å². The standard InChI is InChI=1S/C8H8O4/c9-7(10)5-8(11)12-6-3-1-2-4-6/h1-4,6H,5H2,(H,9,10). The van der Waals surface area contributed by atoms with Crippen molar-refractivity contribution in [3.63, 3.8) is 0 Å². The molecule has 1 rings (SSSR count). The van der Waals surface area contributed by atoms with Gasteiger partial charge in [-0.15, -0.1) is 0 Å². The van der Waals surface area contributed by atoms with Gasteiger partial charge in [-0.2, -0.15) is 0 Å². The number of esters is 1. The number of carboxylic acid groups (broad SMARTS) is 1. The van der Waals surface area contributed by atoms with Crippen molar-refractivity contribution < 1.29 is 19.4 Å². The molecule has 0 atom stereocenters. The molecule has 0 heterocycles. The van der Waals surface area contributed by atoms with E-state index in [1.165, 1.54) is 0 Å². The molecule has 12 heavy (non-hydrogen) atoms. The van der Waals surface area contributed by atoms with E-state index in [0.29, 0.717) is 0 Å². The number of hydrogen-bond donors (Lipinski definition) is 1. The van der Waals surface area contributed by atoms with E-state index in [0.717, 1.165) is 0 Å². The number of allylic oxidation sites excluding steroid dienone is 2. The number of hydrogen-bond acceptors (Lipinski definition) is 3. The van der Waals surface area contributed by atoms with Crippen molar-refractivity contribution in [2.24, 2.45) is 0 Å². The smallest absolute Gasteiger partial charge is 0.318 e. The quantitative estimate of drug-likeness (QED) is 0.492. The van der Waals surface area contributed by atoms with Crippen LogP contribution in [-0.2, 0) is 14.3 Å². The Labute approximate surface area is 69.1 Å². The molecule has 0 unspecified atom stereocenters. The molecule has 4 nitrogen and oxygen atoms in total. The molecule has 64 valence electrons. The zero-order valence-corrected chi connectivity index (χ0v) is 6.27. The van der Waals surface area contributed by atoms with Gasteiger partial charge in [-0.25, -0.2) is 0 Å². The summed E-state index contributed by atoms with van der Waals surface area (Å²) in [6.07, 6.45) is 5.83. The minimum absolute atomic E-state index is 0.392. The van der Waals surface area contributed by atoms with Gasteiger partial charge in [0, 0.05) is 0 Å². The fourth-order valence-corrected chi connectivity index (χ4v) is 0.807. The zero-order valence-electron chi connectivity index (χ0n) is 6.27. The second-order valence-electron chi connectivity index (χ2n) is 2.29. The van der Waals surface area contributed by atoms with Gasteiger partial charge in [-0.05, 0) is 12.2 Å². The van der Waals surface area contributed by atoms with Crippen LogP contribution >= 0.6 is 0 Å². The van der Waals surface area contributed by atoms with Crippen LogP contribution in [0.1, 0.15) is 6.42 Å². The van der Waals surface area contributed by atoms with Crippen LogP contribution in [0.3, 0.4) is 0 Å². The Bertz CT molecular complexity index is 240. The molecule has 0 amide bonds. The van der Waals surface area contributed by atoms with Gasteiger partial charge in [0.15, 0.2) is 0 Å². The molecular formula is C8H8O4. The molecule has 4 heteroatoms. The van der Waals surface area contributed by atoms with Gasteiger partial charge < -0.3 is 9.84 Å². The van der Waals surface area contributed by atoms with Crippen LogP contribution in [0.25, 0.3) is 0 Å². The van der Waals surface area contributed by atoms with E-state index in [-0.39, 0.29) is 0 Å². The average molecular weight is 168 g/mol. The maximum absolute atomic E-state index is 10.7. The second-order valence-corrected chi connectivity index (χ2v) is 2.29. The van der Waals surface area contributed by atoms with E-state index in [1.807, 2.05) is 0 Å².